The first-order valence-electron chi connectivity index (χ1n) is 5.18. The van der Waals surface area contributed by atoms with Crippen LogP contribution in [0.25, 0.3) is 0 Å². The highest BCUT2D eigenvalue weighted by Crippen LogP contribution is 2.35. The van der Waals surface area contributed by atoms with E-state index in [1.54, 1.807) is 0 Å². The topological polar surface area (TPSA) is 113 Å². The second-order valence-corrected chi connectivity index (χ2v) is 3.70. The average molecular weight is 272 g/mol. The molecule has 7 heteroatoms. The molecule has 1 rings (SSSR count). The zero-order chi connectivity index (χ0) is 13.0. The first kappa shape index (κ1) is 16.2. The van der Waals surface area contributed by atoms with Crippen molar-refractivity contribution in [3.63, 3.8) is 0 Å². The number of phenolic OH excluding ortho intramolecular Hbond substituents is 1. The lowest BCUT2D eigenvalue weighted by atomic mass is 9.99. The predicted molar refractivity (Wildman–Crippen MR) is 68.6 cm³/mol. The van der Waals surface area contributed by atoms with E-state index in [0.717, 1.165) is 12.5 Å². The molecule has 3 N–H and O–H groups in total. The first-order chi connectivity index (χ1) is 8.01. The number of hydrogen-bond donors (Lipinski definition) is 2. The summed E-state index contributed by atoms with van der Waals surface area (Å²) in [5.74, 6) is -0.449. The SMILES string of the molecule is CCC[C@H](N)c1cc(C#N)cc([N+](=O)[O-])c1O.Cl. The molecule has 0 radical (unpaired) electrons. The van der Waals surface area contributed by atoms with Crippen LogP contribution in [0.4, 0.5) is 5.69 Å². The van der Waals surface area contributed by atoms with Crippen LogP contribution in [0.15, 0.2) is 12.1 Å². The predicted octanol–water partition coefficient (Wildman–Crippen LogP) is 2.39. The minimum atomic E-state index is -0.724. The van der Waals surface area contributed by atoms with Crippen LogP contribution in [0.2, 0.25) is 0 Å². The number of nitro groups is 1. The molecule has 0 unspecified atom stereocenters. The van der Waals surface area contributed by atoms with Gasteiger partial charge in [-0.1, -0.05) is 13.3 Å². The van der Waals surface area contributed by atoms with E-state index in [9.17, 15) is 15.2 Å². The molecular weight excluding hydrogens is 258 g/mol. The van der Waals surface area contributed by atoms with E-state index in [1.807, 2.05) is 13.0 Å². The van der Waals surface area contributed by atoms with Crippen molar-refractivity contribution in [2.75, 3.05) is 0 Å². The van der Waals surface area contributed by atoms with E-state index in [1.165, 1.54) is 6.07 Å². The second-order valence-electron chi connectivity index (χ2n) is 3.70. The number of nitriles is 1. The third kappa shape index (κ3) is 3.32. The number of halogens is 1. The summed E-state index contributed by atoms with van der Waals surface area (Å²) in [5.41, 5.74) is 5.70. The second kappa shape index (κ2) is 6.79. The van der Waals surface area contributed by atoms with Gasteiger partial charge in [-0.05, 0) is 12.5 Å². The van der Waals surface area contributed by atoms with Crippen LogP contribution in [-0.4, -0.2) is 10.0 Å². The lowest BCUT2D eigenvalue weighted by Gasteiger charge is -2.12. The molecule has 0 aliphatic carbocycles. The Bertz CT molecular complexity index is 485. The van der Waals surface area contributed by atoms with Gasteiger partial charge in [0.15, 0.2) is 5.75 Å². The third-order valence-corrected chi connectivity index (χ3v) is 2.44. The number of nitrogens with zero attached hydrogens (tertiary/aromatic N) is 2. The lowest BCUT2D eigenvalue weighted by molar-refractivity contribution is -0.386. The first-order valence-corrected chi connectivity index (χ1v) is 5.18. The van der Waals surface area contributed by atoms with Crippen LogP contribution >= 0.6 is 12.4 Å². The molecule has 0 spiro atoms. The van der Waals surface area contributed by atoms with Crippen LogP contribution < -0.4 is 5.73 Å². The smallest absolute Gasteiger partial charge is 0.312 e. The molecule has 0 saturated carbocycles. The van der Waals surface area contributed by atoms with E-state index in [2.05, 4.69) is 0 Å². The van der Waals surface area contributed by atoms with E-state index in [0.29, 0.717) is 6.42 Å². The number of phenols is 1. The fourth-order valence-corrected chi connectivity index (χ4v) is 1.59. The van der Waals surface area contributed by atoms with Crippen molar-refractivity contribution in [1.82, 2.24) is 0 Å². The van der Waals surface area contributed by atoms with Gasteiger partial charge in [0.05, 0.1) is 16.6 Å². The van der Waals surface area contributed by atoms with Crippen LogP contribution in [0.1, 0.15) is 36.9 Å². The maximum Gasteiger partial charge on any atom is 0.312 e. The highest BCUT2D eigenvalue weighted by atomic mass is 35.5. The Morgan fingerprint density at radius 2 is 2.22 bits per heavy atom. The molecule has 0 fully saturated rings. The van der Waals surface area contributed by atoms with Gasteiger partial charge in [-0.2, -0.15) is 5.26 Å². The maximum absolute atomic E-state index is 10.7. The van der Waals surface area contributed by atoms with Gasteiger partial charge in [-0.15, -0.1) is 12.4 Å². The largest absolute Gasteiger partial charge is 0.502 e. The Labute approximate surface area is 111 Å². The molecule has 1 aromatic carbocycles. The van der Waals surface area contributed by atoms with Gasteiger partial charge in [0.1, 0.15) is 0 Å². The van der Waals surface area contributed by atoms with Gasteiger partial charge in [-0.25, -0.2) is 0 Å². The summed E-state index contributed by atoms with van der Waals surface area (Å²) in [6, 6.07) is 3.74. The van der Waals surface area contributed by atoms with Crippen LogP contribution in [0.3, 0.4) is 0 Å². The molecule has 0 aliphatic rings. The Hall–Kier alpha value is -1.84. The normalized spacial score (nSPS) is 11.2. The fraction of sp³-hybridized carbons (Fsp3) is 0.364. The van der Waals surface area contributed by atoms with Gasteiger partial charge < -0.3 is 10.8 Å². The molecule has 0 amide bonds. The highest BCUT2D eigenvalue weighted by Gasteiger charge is 2.22. The number of rotatable bonds is 4. The molecule has 0 aromatic heterocycles. The molecule has 0 saturated heterocycles. The fourth-order valence-electron chi connectivity index (χ4n) is 1.59. The number of benzene rings is 1. The molecule has 6 nitrogen and oxygen atoms in total. The summed E-state index contributed by atoms with van der Waals surface area (Å²) < 4.78 is 0. The summed E-state index contributed by atoms with van der Waals surface area (Å²) in [7, 11) is 0. The molecular formula is C11H14ClN3O3. The minimum absolute atomic E-state index is 0. The van der Waals surface area contributed by atoms with Gasteiger partial charge in [0.2, 0.25) is 0 Å². The van der Waals surface area contributed by atoms with Crippen molar-refractivity contribution in [2.45, 2.75) is 25.8 Å². The van der Waals surface area contributed by atoms with Gasteiger partial charge in [0, 0.05) is 17.7 Å². The summed E-state index contributed by atoms with van der Waals surface area (Å²) in [6.45, 7) is 1.92. The van der Waals surface area contributed by atoms with Crippen LogP contribution in [0, 0.1) is 21.4 Å². The standard InChI is InChI=1S/C11H13N3O3.ClH/c1-2-3-9(13)8-4-7(6-12)5-10(11(8)15)14(16)17;/h4-5,9,15H,2-3,13H2,1H3;1H/t9-;/m0./s1. The Kier molecular flexibility index (Phi) is 6.09. The van der Waals surface area contributed by atoms with Crippen molar-refractivity contribution in [3.05, 3.63) is 33.4 Å². The molecule has 98 valence electrons. The highest BCUT2D eigenvalue weighted by molar-refractivity contribution is 5.85. The minimum Gasteiger partial charge on any atom is -0.502 e. The molecule has 1 atom stereocenters. The number of nitrogens with two attached hydrogens (primary N) is 1. The number of aromatic hydroxyl groups is 1. The molecule has 18 heavy (non-hydrogen) atoms. The monoisotopic (exact) mass is 271 g/mol. The summed E-state index contributed by atoms with van der Waals surface area (Å²) in [4.78, 5) is 9.99. The zero-order valence-electron chi connectivity index (χ0n) is 9.79. The Morgan fingerprint density at radius 3 is 2.67 bits per heavy atom. The van der Waals surface area contributed by atoms with Crippen LogP contribution in [-0.2, 0) is 0 Å². The lowest BCUT2D eigenvalue weighted by Crippen LogP contribution is -2.11. The van der Waals surface area contributed by atoms with Crippen LogP contribution in [0.5, 0.6) is 5.75 Å². The van der Waals surface area contributed by atoms with Crippen molar-refractivity contribution >= 4 is 18.1 Å². The van der Waals surface area contributed by atoms with E-state index >= 15 is 0 Å². The quantitative estimate of drug-likeness (QED) is 0.645. The summed E-state index contributed by atoms with van der Waals surface area (Å²) >= 11 is 0. The Morgan fingerprint density at radius 1 is 1.61 bits per heavy atom. The average Bonchev–Trinajstić information content (AvgIpc) is 2.29. The molecule has 1 aromatic rings. The summed E-state index contributed by atoms with van der Waals surface area (Å²) in [5, 5.41) is 29.2. The van der Waals surface area contributed by atoms with E-state index < -0.39 is 22.4 Å². The van der Waals surface area contributed by atoms with Gasteiger partial charge in [0.25, 0.3) is 0 Å². The molecule has 0 heterocycles. The van der Waals surface area contributed by atoms with Gasteiger partial charge >= 0.3 is 5.69 Å². The van der Waals surface area contributed by atoms with E-state index in [4.69, 9.17) is 11.0 Å². The van der Waals surface area contributed by atoms with E-state index in [-0.39, 0.29) is 23.5 Å². The summed E-state index contributed by atoms with van der Waals surface area (Å²) in [6.07, 6.45) is 1.37. The van der Waals surface area contributed by atoms with Gasteiger partial charge in [-0.3, -0.25) is 10.1 Å². The van der Waals surface area contributed by atoms with Crippen molar-refractivity contribution in [2.24, 2.45) is 5.73 Å². The zero-order valence-corrected chi connectivity index (χ0v) is 10.6. The van der Waals surface area contributed by atoms with Crippen molar-refractivity contribution in [1.29, 1.82) is 5.26 Å². The third-order valence-electron chi connectivity index (χ3n) is 2.44. The Balaban J connectivity index is 0.00000289. The van der Waals surface area contributed by atoms with Crippen molar-refractivity contribution < 1.29 is 10.0 Å². The number of nitro benzene ring substituents is 1. The molecule has 0 bridgehead atoms. The van der Waals surface area contributed by atoms with Crippen molar-refractivity contribution in [3.8, 4) is 11.8 Å². The maximum atomic E-state index is 10.7. The number of hydrogen-bond acceptors (Lipinski definition) is 5. The molecule has 0 aliphatic heterocycles.